The Labute approximate surface area is 90.5 Å². The van der Waals surface area contributed by atoms with Crippen molar-refractivity contribution in [3.05, 3.63) is 0 Å². The Bertz CT molecular complexity index is 225. The number of alkyl carbamates (subject to hydrolysis) is 1. The minimum absolute atomic E-state index is 0.00940. The summed E-state index contributed by atoms with van der Waals surface area (Å²) in [5.74, 6) is 0. The maximum absolute atomic E-state index is 11.5. The lowest BCUT2D eigenvalue weighted by Crippen LogP contribution is -2.45. The van der Waals surface area contributed by atoms with Crippen LogP contribution in [0.25, 0.3) is 0 Å². The van der Waals surface area contributed by atoms with E-state index in [9.17, 15) is 4.79 Å². The Balaban J connectivity index is 2.37. The quantitative estimate of drug-likeness (QED) is 0.705. The van der Waals surface area contributed by atoms with E-state index in [4.69, 9.17) is 9.47 Å². The first-order valence-corrected chi connectivity index (χ1v) is 5.15. The molecule has 0 aromatic carbocycles. The molecule has 1 aliphatic heterocycles. The monoisotopic (exact) mass is 216 g/mol. The van der Waals surface area contributed by atoms with Crippen LogP contribution < -0.4 is 10.6 Å². The molecule has 0 unspecified atom stereocenters. The van der Waals surface area contributed by atoms with Crippen molar-refractivity contribution in [1.82, 2.24) is 10.6 Å². The van der Waals surface area contributed by atoms with E-state index in [2.05, 4.69) is 10.6 Å². The van der Waals surface area contributed by atoms with Crippen LogP contribution in [-0.4, -0.2) is 44.0 Å². The highest BCUT2D eigenvalue weighted by Gasteiger charge is 2.29. The fraction of sp³-hybridized carbons (Fsp3) is 0.900. The SMILES string of the molecule is CO[C@H]1CNC[C@H]1NC(=O)OC(C)(C)C. The third-order valence-corrected chi connectivity index (χ3v) is 2.16. The first kappa shape index (κ1) is 12.3. The second-order valence-corrected chi connectivity index (χ2v) is 4.69. The zero-order chi connectivity index (χ0) is 11.5. The van der Waals surface area contributed by atoms with Gasteiger partial charge in [-0.05, 0) is 20.8 Å². The molecule has 0 aliphatic carbocycles. The summed E-state index contributed by atoms with van der Waals surface area (Å²) in [4.78, 5) is 11.5. The zero-order valence-corrected chi connectivity index (χ0v) is 9.79. The van der Waals surface area contributed by atoms with Gasteiger partial charge in [-0.15, -0.1) is 0 Å². The lowest BCUT2D eigenvalue weighted by Gasteiger charge is -2.23. The van der Waals surface area contributed by atoms with Crippen LogP contribution in [0.5, 0.6) is 0 Å². The molecule has 1 fully saturated rings. The van der Waals surface area contributed by atoms with Crippen molar-refractivity contribution in [2.75, 3.05) is 20.2 Å². The molecular formula is C10H20N2O3. The van der Waals surface area contributed by atoms with Crippen molar-refractivity contribution in [3.63, 3.8) is 0 Å². The Morgan fingerprint density at radius 2 is 2.07 bits per heavy atom. The van der Waals surface area contributed by atoms with Gasteiger partial charge in [-0.3, -0.25) is 0 Å². The number of nitrogens with one attached hydrogen (secondary N) is 2. The van der Waals surface area contributed by atoms with E-state index in [1.807, 2.05) is 20.8 Å². The van der Waals surface area contributed by atoms with E-state index in [0.29, 0.717) is 0 Å². The van der Waals surface area contributed by atoms with Crippen LogP contribution in [0.2, 0.25) is 0 Å². The molecule has 5 nitrogen and oxygen atoms in total. The molecule has 5 heteroatoms. The average molecular weight is 216 g/mol. The Morgan fingerprint density at radius 3 is 2.60 bits per heavy atom. The van der Waals surface area contributed by atoms with Crippen molar-refractivity contribution in [3.8, 4) is 0 Å². The predicted molar refractivity (Wildman–Crippen MR) is 56.8 cm³/mol. The van der Waals surface area contributed by atoms with E-state index in [-0.39, 0.29) is 12.1 Å². The first-order chi connectivity index (χ1) is 6.92. The number of carbonyl (C=O) groups is 1. The highest BCUT2D eigenvalue weighted by Crippen LogP contribution is 2.09. The van der Waals surface area contributed by atoms with Crippen LogP contribution in [-0.2, 0) is 9.47 Å². The van der Waals surface area contributed by atoms with Crippen molar-refractivity contribution in [2.24, 2.45) is 0 Å². The molecule has 15 heavy (non-hydrogen) atoms. The van der Waals surface area contributed by atoms with E-state index in [1.54, 1.807) is 7.11 Å². The Hall–Kier alpha value is -0.810. The van der Waals surface area contributed by atoms with E-state index < -0.39 is 11.7 Å². The van der Waals surface area contributed by atoms with Gasteiger partial charge in [-0.1, -0.05) is 0 Å². The lowest BCUT2D eigenvalue weighted by atomic mass is 10.2. The molecule has 0 radical (unpaired) electrons. The molecule has 88 valence electrons. The van der Waals surface area contributed by atoms with E-state index >= 15 is 0 Å². The molecule has 2 N–H and O–H groups in total. The standard InChI is InChI=1S/C10H20N2O3/c1-10(2,3)15-9(13)12-7-5-11-6-8(7)14-4/h7-8,11H,5-6H2,1-4H3,(H,12,13)/t7-,8+/m1/s1. The van der Waals surface area contributed by atoms with Gasteiger partial charge in [0.15, 0.2) is 0 Å². The van der Waals surface area contributed by atoms with Gasteiger partial charge in [0.2, 0.25) is 0 Å². The summed E-state index contributed by atoms with van der Waals surface area (Å²) in [5.41, 5.74) is -0.460. The van der Waals surface area contributed by atoms with Gasteiger partial charge in [-0.2, -0.15) is 0 Å². The molecule has 0 spiro atoms. The van der Waals surface area contributed by atoms with Crippen molar-refractivity contribution in [1.29, 1.82) is 0 Å². The summed E-state index contributed by atoms with van der Waals surface area (Å²) in [6.07, 6.45) is -0.365. The van der Waals surface area contributed by atoms with Crippen LogP contribution in [0.4, 0.5) is 4.79 Å². The maximum Gasteiger partial charge on any atom is 0.408 e. The van der Waals surface area contributed by atoms with Crippen molar-refractivity contribution in [2.45, 2.75) is 38.5 Å². The molecule has 0 bridgehead atoms. The lowest BCUT2D eigenvalue weighted by molar-refractivity contribution is 0.0417. The normalized spacial score (nSPS) is 26.4. The van der Waals surface area contributed by atoms with E-state index in [0.717, 1.165) is 13.1 Å². The number of rotatable bonds is 2. The molecule has 2 atom stereocenters. The zero-order valence-electron chi connectivity index (χ0n) is 9.79. The van der Waals surface area contributed by atoms with Gasteiger partial charge in [0, 0.05) is 20.2 Å². The second-order valence-electron chi connectivity index (χ2n) is 4.69. The number of ether oxygens (including phenoxy) is 2. The molecule has 0 aromatic rings. The summed E-state index contributed by atoms with van der Waals surface area (Å²) < 4.78 is 10.4. The van der Waals surface area contributed by atoms with Gasteiger partial charge < -0.3 is 20.1 Å². The molecule has 1 amide bonds. The largest absolute Gasteiger partial charge is 0.444 e. The highest BCUT2D eigenvalue weighted by molar-refractivity contribution is 5.68. The Morgan fingerprint density at radius 1 is 1.40 bits per heavy atom. The Kier molecular flexibility index (Phi) is 3.93. The molecule has 1 aliphatic rings. The summed E-state index contributed by atoms with van der Waals surface area (Å²) in [6.45, 7) is 7.00. The van der Waals surface area contributed by atoms with Crippen molar-refractivity contribution >= 4 is 6.09 Å². The molecule has 0 saturated carbocycles. The summed E-state index contributed by atoms with van der Waals surface area (Å²) in [6, 6.07) is -0.00940. The average Bonchev–Trinajstić information content (AvgIpc) is 2.48. The van der Waals surface area contributed by atoms with Crippen LogP contribution >= 0.6 is 0 Å². The summed E-state index contributed by atoms with van der Waals surface area (Å²) >= 11 is 0. The number of hydrogen-bond donors (Lipinski definition) is 2. The summed E-state index contributed by atoms with van der Waals surface area (Å²) in [5, 5.41) is 5.93. The topological polar surface area (TPSA) is 59.6 Å². The number of amides is 1. The molecule has 0 aromatic heterocycles. The third-order valence-electron chi connectivity index (χ3n) is 2.16. The predicted octanol–water partition coefficient (Wildman–Crippen LogP) is 0.498. The minimum atomic E-state index is -0.460. The molecular weight excluding hydrogens is 196 g/mol. The van der Waals surface area contributed by atoms with Crippen LogP contribution in [0.3, 0.4) is 0 Å². The van der Waals surface area contributed by atoms with Gasteiger partial charge in [0.1, 0.15) is 5.60 Å². The number of carbonyl (C=O) groups excluding carboxylic acids is 1. The van der Waals surface area contributed by atoms with Crippen LogP contribution in [0.15, 0.2) is 0 Å². The van der Waals surface area contributed by atoms with E-state index in [1.165, 1.54) is 0 Å². The van der Waals surface area contributed by atoms with Crippen LogP contribution in [0.1, 0.15) is 20.8 Å². The molecule has 1 rings (SSSR count). The van der Waals surface area contributed by atoms with Crippen LogP contribution in [0, 0.1) is 0 Å². The maximum atomic E-state index is 11.5. The smallest absolute Gasteiger partial charge is 0.408 e. The fourth-order valence-electron chi connectivity index (χ4n) is 1.51. The number of methoxy groups -OCH3 is 1. The van der Waals surface area contributed by atoms with Crippen molar-refractivity contribution < 1.29 is 14.3 Å². The van der Waals surface area contributed by atoms with Gasteiger partial charge in [0.25, 0.3) is 0 Å². The minimum Gasteiger partial charge on any atom is -0.444 e. The first-order valence-electron chi connectivity index (χ1n) is 5.15. The second kappa shape index (κ2) is 4.81. The summed E-state index contributed by atoms with van der Waals surface area (Å²) in [7, 11) is 1.64. The fourth-order valence-corrected chi connectivity index (χ4v) is 1.51. The molecule has 1 heterocycles. The molecule has 1 saturated heterocycles. The third kappa shape index (κ3) is 4.05. The highest BCUT2D eigenvalue weighted by atomic mass is 16.6. The van der Waals surface area contributed by atoms with Gasteiger partial charge in [-0.25, -0.2) is 4.79 Å². The van der Waals surface area contributed by atoms with Gasteiger partial charge >= 0.3 is 6.09 Å². The van der Waals surface area contributed by atoms with Gasteiger partial charge in [0.05, 0.1) is 12.1 Å². The number of hydrogen-bond acceptors (Lipinski definition) is 4.